The minimum Gasteiger partial charge on any atom is -0.469 e. The van der Waals surface area contributed by atoms with Crippen LogP contribution in [0, 0.1) is 6.92 Å². The Hall–Kier alpha value is -2.10. The molecule has 0 aliphatic carbocycles. The summed E-state index contributed by atoms with van der Waals surface area (Å²) in [6.07, 6.45) is 4.74. The Morgan fingerprint density at radius 3 is 2.67 bits per heavy atom. The van der Waals surface area contributed by atoms with E-state index in [1.807, 2.05) is 0 Å². The molecule has 2 heterocycles. The second kappa shape index (κ2) is 3.96. The number of carbonyl (C=O) groups excluding carboxylic acids is 1. The van der Waals surface area contributed by atoms with Gasteiger partial charge in [-0.05, 0) is 25.1 Å². The Balaban J connectivity index is 2.15. The lowest BCUT2D eigenvalue weighted by Crippen LogP contribution is -2.11. The predicted molar refractivity (Wildman–Crippen MR) is 55.6 cm³/mol. The van der Waals surface area contributed by atoms with Crippen molar-refractivity contribution in [2.75, 3.05) is 5.32 Å². The van der Waals surface area contributed by atoms with Crippen molar-refractivity contribution in [2.45, 2.75) is 6.92 Å². The van der Waals surface area contributed by atoms with E-state index in [1.165, 1.54) is 6.26 Å². The van der Waals surface area contributed by atoms with Gasteiger partial charge in [-0.3, -0.25) is 9.78 Å². The summed E-state index contributed by atoms with van der Waals surface area (Å²) >= 11 is 0. The average molecular weight is 202 g/mol. The smallest absolute Gasteiger partial charge is 0.259 e. The van der Waals surface area contributed by atoms with Gasteiger partial charge < -0.3 is 9.73 Å². The molecule has 0 aromatic carbocycles. The van der Waals surface area contributed by atoms with Crippen molar-refractivity contribution in [2.24, 2.45) is 0 Å². The molecular formula is C11H10N2O2. The van der Waals surface area contributed by atoms with Crippen LogP contribution in [-0.4, -0.2) is 10.9 Å². The van der Waals surface area contributed by atoms with Crippen molar-refractivity contribution in [1.29, 1.82) is 0 Å². The van der Waals surface area contributed by atoms with Gasteiger partial charge in [0.25, 0.3) is 5.91 Å². The van der Waals surface area contributed by atoms with Gasteiger partial charge in [0.1, 0.15) is 5.76 Å². The summed E-state index contributed by atoms with van der Waals surface area (Å²) in [6.45, 7) is 1.75. The fraction of sp³-hybridized carbons (Fsp3) is 0.0909. The normalized spacial score (nSPS) is 9.93. The summed E-state index contributed by atoms with van der Waals surface area (Å²) in [5.41, 5.74) is 1.27. The molecule has 1 N–H and O–H groups in total. The first kappa shape index (κ1) is 9.45. The van der Waals surface area contributed by atoms with E-state index in [1.54, 1.807) is 37.5 Å². The minimum absolute atomic E-state index is 0.174. The number of amides is 1. The molecule has 0 saturated heterocycles. The number of hydrogen-bond donors (Lipinski definition) is 1. The molecule has 0 unspecified atom stereocenters. The molecule has 15 heavy (non-hydrogen) atoms. The maximum atomic E-state index is 11.7. The van der Waals surface area contributed by atoms with Crippen LogP contribution in [-0.2, 0) is 0 Å². The summed E-state index contributed by atoms with van der Waals surface area (Å²) in [6, 6.07) is 5.10. The molecule has 2 rings (SSSR count). The number of carbonyl (C=O) groups is 1. The second-order valence-corrected chi connectivity index (χ2v) is 3.08. The average Bonchev–Trinajstić information content (AvgIpc) is 2.66. The first-order chi connectivity index (χ1) is 7.27. The molecular weight excluding hydrogens is 192 g/mol. The molecule has 0 aliphatic rings. The molecule has 0 atom stereocenters. The zero-order valence-corrected chi connectivity index (χ0v) is 8.23. The number of rotatable bonds is 2. The minimum atomic E-state index is -0.174. The molecule has 76 valence electrons. The fourth-order valence-electron chi connectivity index (χ4n) is 1.25. The molecule has 0 bridgehead atoms. The van der Waals surface area contributed by atoms with Crippen LogP contribution in [0.1, 0.15) is 16.1 Å². The predicted octanol–water partition coefficient (Wildman–Crippen LogP) is 2.24. The molecule has 4 heteroatoms. The number of hydrogen-bond acceptors (Lipinski definition) is 3. The van der Waals surface area contributed by atoms with E-state index in [4.69, 9.17) is 4.42 Å². The highest BCUT2D eigenvalue weighted by molar-refractivity contribution is 6.04. The lowest BCUT2D eigenvalue weighted by atomic mass is 10.2. The van der Waals surface area contributed by atoms with Crippen LogP contribution in [0.2, 0.25) is 0 Å². The van der Waals surface area contributed by atoms with Gasteiger partial charge in [0.15, 0.2) is 0 Å². The zero-order chi connectivity index (χ0) is 10.7. The second-order valence-electron chi connectivity index (χ2n) is 3.08. The third kappa shape index (κ3) is 2.04. The van der Waals surface area contributed by atoms with E-state index in [0.717, 1.165) is 5.69 Å². The van der Waals surface area contributed by atoms with Crippen LogP contribution < -0.4 is 5.32 Å². The van der Waals surface area contributed by atoms with Crippen molar-refractivity contribution in [1.82, 2.24) is 4.98 Å². The third-order valence-corrected chi connectivity index (χ3v) is 2.04. The Bertz CT molecular complexity index is 462. The lowest BCUT2D eigenvalue weighted by molar-refractivity contribution is 0.102. The summed E-state index contributed by atoms with van der Waals surface area (Å²) in [4.78, 5) is 15.6. The maximum Gasteiger partial charge on any atom is 0.259 e. The number of nitrogens with one attached hydrogen (secondary N) is 1. The molecule has 0 spiro atoms. The van der Waals surface area contributed by atoms with Crippen LogP contribution in [0.4, 0.5) is 5.69 Å². The largest absolute Gasteiger partial charge is 0.469 e. The fourth-order valence-corrected chi connectivity index (χ4v) is 1.25. The number of aromatic nitrogens is 1. The number of furan rings is 1. The van der Waals surface area contributed by atoms with Crippen LogP contribution in [0.15, 0.2) is 41.3 Å². The van der Waals surface area contributed by atoms with E-state index < -0.39 is 0 Å². The van der Waals surface area contributed by atoms with Crippen LogP contribution in [0.5, 0.6) is 0 Å². The molecule has 4 nitrogen and oxygen atoms in total. The first-order valence-corrected chi connectivity index (χ1v) is 4.53. The Morgan fingerprint density at radius 1 is 1.33 bits per heavy atom. The van der Waals surface area contributed by atoms with E-state index >= 15 is 0 Å². The number of nitrogens with zero attached hydrogens (tertiary/aromatic N) is 1. The number of aryl methyl sites for hydroxylation is 1. The van der Waals surface area contributed by atoms with Crippen LogP contribution in [0.25, 0.3) is 0 Å². The quantitative estimate of drug-likeness (QED) is 0.812. The Morgan fingerprint density at radius 2 is 2.07 bits per heavy atom. The van der Waals surface area contributed by atoms with Gasteiger partial charge in [-0.25, -0.2) is 0 Å². The van der Waals surface area contributed by atoms with E-state index in [0.29, 0.717) is 11.3 Å². The van der Waals surface area contributed by atoms with Gasteiger partial charge in [-0.1, -0.05) is 0 Å². The molecule has 2 aromatic rings. The first-order valence-electron chi connectivity index (χ1n) is 4.53. The van der Waals surface area contributed by atoms with Crippen molar-refractivity contribution in [3.05, 3.63) is 48.2 Å². The van der Waals surface area contributed by atoms with Gasteiger partial charge in [0.2, 0.25) is 0 Å². The molecule has 2 aromatic heterocycles. The van der Waals surface area contributed by atoms with Crippen molar-refractivity contribution in [3.8, 4) is 0 Å². The third-order valence-electron chi connectivity index (χ3n) is 2.04. The van der Waals surface area contributed by atoms with Gasteiger partial charge >= 0.3 is 0 Å². The van der Waals surface area contributed by atoms with Gasteiger partial charge in [0.05, 0.1) is 11.8 Å². The summed E-state index contributed by atoms with van der Waals surface area (Å²) in [7, 11) is 0. The van der Waals surface area contributed by atoms with Gasteiger partial charge in [-0.15, -0.1) is 0 Å². The Labute approximate surface area is 86.9 Å². The SMILES string of the molecule is Cc1occc1C(=O)Nc1ccncc1. The highest BCUT2D eigenvalue weighted by atomic mass is 16.3. The van der Waals surface area contributed by atoms with Gasteiger partial charge in [-0.2, -0.15) is 0 Å². The molecule has 0 radical (unpaired) electrons. The van der Waals surface area contributed by atoms with E-state index in [2.05, 4.69) is 10.3 Å². The molecule has 0 saturated carbocycles. The highest BCUT2D eigenvalue weighted by Gasteiger charge is 2.10. The van der Waals surface area contributed by atoms with E-state index in [9.17, 15) is 4.79 Å². The van der Waals surface area contributed by atoms with Crippen LogP contribution in [0.3, 0.4) is 0 Å². The topological polar surface area (TPSA) is 55.1 Å². The monoisotopic (exact) mass is 202 g/mol. The zero-order valence-electron chi connectivity index (χ0n) is 8.23. The van der Waals surface area contributed by atoms with Gasteiger partial charge in [0, 0.05) is 18.1 Å². The van der Waals surface area contributed by atoms with E-state index in [-0.39, 0.29) is 5.91 Å². The summed E-state index contributed by atoms with van der Waals surface area (Å²) in [5, 5.41) is 2.75. The number of anilines is 1. The molecule has 1 amide bonds. The summed E-state index contributed by atoms with van der Waals surface area (Å²) < 4.78 is 5.05. The Kier molecular flexibility index (Phi) is 2.49. The number of pyridine rings is 1. The highest BCUT2D eigenvalue weighted by Crippen LogP contribution is 2.12. The van der Waals surface area contributed by atoms with Crippen molar-refractivity contribution in [3.63, 3.8) is 0 Å². The van der Waals surface area contributed by atoms with Crippen molar-refractivity contribution < 1.29 is 9.21 Å². The van der Waals surface area contributed by atoms with Crippen molar-refractivity contribution >= 4 is 11.6 Å². The lowest BCUT2D eigenvalue weighted by Gasteiger charge is -2.02. The molecule has 0 aliphatic heterocycles. The molecule has 0 fully saturated rings. The summed E-state index contributed by atoms with van der Waals surface area (Å²) in [5.74, 6) is 0.439. The maximum absolute atomic E-state index is 11.7. The van der Waals surface area contributed by atoms with Crippen LogP contribution >= 0.6 is 0 Å². The standard InChI is InChI=1S/C11H10N2O2/c1-8-10(4-7-15-8)11(14)13-9-2-5-12-6-3-9/h2-7H,1H3,(H,12,13,14).